The Morgan fingerprint density at radius 2 is 2.12 bits per heavy atom. The van der Waals surface area contributed by atoms with E-state index in [1.54, 1.807) is 23.3 Å². The highest BCUT2D eigenvalue weighted by molar-refractivity contribution is 5.83. The zero-order valence-electron chi connectivity index (χ0n) is 13.5. The van der Waals surface area contributed by atoms with Gasteiger partial charge >= 0.3 is 0 Å². The van der Waals surface area contributed by atoms with Gasteiger partial charge in [-0.25, -0.2) is 9.97 Å². The van der Waals surface area contributed by atoms with Crippen molar-refractivity contribution in [3.8, 4) is 11.3 Å². The van der Waals surface area contributed by atoms with Crippen LogP contribution in [0.15, 0.2) is 24.7 Å². The molecular formula is C16H17N7O. The van der Waals surface area contributed by atoms with Gasteiger partial charge in [0.15, 0.2) is 5.65 Å². The quantitative estimate of drug-likeness (QED) is 0.746. The summed E-state index contributed by atoms with van der Waals surface area (Å²) >= 11 is 0. The molecule has 0 radical (unpaired) electrons. The van der Waals surface area contributed by atoms with E-state index >= 15 is 0 Å². The number of carbonyl (C=O) groups excluding carboxylic acids is 1. The third-order valence-corrected chi connectivity index (χ3v) is 4.14. The van der Waals surface area contributed by atoms with Crippen LogP contribution in [0.1, 0.15) is 5.69 Å². The van der Waals surface area contributed by atoms with Crippen molar-refractivity contribution in [3.63, 3.8) is 0 Å². The fraction of sp³-hybridized carbons (Fsp3) is 0.312. The van der Waals surface area contributed by atoms with Gasteiger partial charge in [0.2, 0.25) is 5.91 Å². The van der Waals surface area contributed by atoms with Crippen LogP contribution in [0.25, 0.3) is 22.3 Å². The van der Waals surface area contributed by atoms with Crippen molar-refractivity contribution in [2.24, 2.45) is 7.05 Å². The normalized spacial score (nSPS) is 14.9. The molecule has 4 heterocycles. The summed E-state index contributed by atoms with van der Waals surface area (Å²) in [5.41, 5.74) is 3.39. The molecule has 0 spiro atoms. The molecule has 0 atom stereocenters. The predicted molar refractivity (Wildman–Crippen MR) is 89.5 cm³/mol. The third kappa shape index (κ3) is 2.45. The molecule has 1 N–H and O–H groups in total. The Balaban J connectivity index is 1.73. The lowest BCUT2D eigenvalue weighted by Gasteiger charge is -2.27. The minimum Gasteiger partial charge on any atom is -0.353 e. The Kier molecular flexibility index (Phi) is 3.37. The Morgan fingerprint density at radius 3 is 2.96 bits per heavy atom. The number of nitrogens with one attached hydrogen (secondary N) is 1. The zero-order valence-corrected chi connectivity index (χ0v) is 13.5. The van der Waals surface area contributed by atoms with Crippen LogP contribution in [0.4, 0.5) is 5.82 Å². The van der Waals surface area contributed by atoms with Crippen LogP contribution >= 0.6 is 0 Å². The number of hydrogen-bond acceptors (Lipinski definition) is 6. The molecule has 0 bridgehead atoms. The number of carbonyl (C=O) groups is 1. The molecule has 0 saturated carbocycles. The summed E-state index contributed by atoms with van der Waals surface area (Å²) in [6.45, 7) is 3.61. The number of aryl methyl sites for hydroxylation is 2. The van der Waals surface area contributed by atoms with Gasteiger partial charge in [-0.15, -0.1) is 0 Å². The molecule has 1 aliphatic rings. The SMILES string of the molecule is Cc1nn(C)c2ncc(-c3cncc(N4CCNC(=O)C4)n3)cc12. The predicted octanol–water partition coefficient (Wildman–Crippen LogP) is 0.670. The number of hydrogen-bond donors (Lipinski definition) is 1. The third-order valence-electron chi connectivity index (χ3n) is 4.14. The lowest BCUT2D eigenvalue weighted by Crippen LogP contribution is -2.48. The number of rotatable bonds is 2. The lowest BCUT2D eigenvalue weighted by molar-refractivity contribution is -0.120. The molecule has 0 aromatic carbocycles. The van der Waals surface area contributed by atoms with Crippen LogP contribution in [-0.4, -0.2) is 50.3 Å². The highest BCUT2D eigenvalue weighted by Crippen LogP contribution is 2.24. The highest BCUT2D eigenvalue weighted by atomic mass is 16.2. The number of amides is 1. The molecule has 3 aromatic rings. The van der Waals surface area contributed by atoms with Gasteiger partial charge in [0.25, 0.3) is 0 Å². The van der Waals surface area contributed by atoms with E-state index in [0.717, 1.165) is 34.5 Å². The molecule has 0 unspecified atom stereocenters. The van der Waals surface area contributed by atoms with Gasteiger partial charge in [-0.05, 0) is 13.0 Å². The fourth-order valence-corrected chi connectivity index (χ4v) is 2.93. The van der Waals surface area contributed by atoms with Crippen molar-refractivity contribution < 1.29 is 4.79 Å². The summed E-state index contributed by atoms with van der Waals surface area (Å²) in [4.78, 5) is 26.9. The van der Waals surface area contributed by atoms with Gasteiger partial charge in [0.05, 0.1) is 30.3 Å². The van der Waals surface area contributed by atoms with E-state index in [1.807, 2.05) is 24.9 Å². The Labute approximate surface area is 138 Å². The minimum absolute atomic E-state index is 0.00234. The largest absolute Gasteiger partial charge is 0.353 e. The average molecular weight is 323 g/mol. The molecule has 1 amide bonds. The highest BCUT2D eigenvalue weighted by Gasteiger charge is 2.18. The summed E-state index contributed by atoms with van der Waals surface area (Å²) in [5, 5.41) is 8.20. The summed E-state index contributed by atoms with van der Waals surface area (Å²) in [6.07, 6.45) is 5.17. The zero-order chi connectivity index (χ0) is 16.7. The molecular weight excluding hydrogens is 306 g/mol. The first-order valence-electron chi connectivity index (χ1n) is 7.75. The van der Waals surface area contributed by atoms with Crippen LogP contribution in [0, 0.1) is 6.92 Å². The summed E-state index contributed by atoms with van der Waals surface area (Å²) < 4.78 is 1.77. The Bertz CT molecular complexity index is 933. The number of fused-ring (bicyclic) bond motifs is 1. The van der Waals surface area contributed by atoms with E-state index in [1.165, 1.54) is 0 Å². The molecule has 4 rings (SSSR count). The van der Waals surface area contributed by atoms with Crippen LogP contribution in [-0.2, 0) is 11.8 Å². The number of pyridine rings is 1. The minimum atomic E-state index is 0.00234. The average Bonchev–Trinajstić information content (AvgIpc) is 2.89. The van der Waals surface area contributed by atoms with E-state index in [9.17, 15) is 4.79 Å². The van der Waals surface area contributed by atoms with Crippen molar-refractivity contribution >= 4 is 22.8 Å². The first-order chi connectivity index (χ1) is 11.6. The van der Waals surface area contributed by atoms with Gasteiger partial charge in [-0.1, -0.05) is 0 Å². The van der Waals surface area contributed by atoms with Crippen LogP contribution in [0.3, 0.4) is 0 Å². The maximum Gasteiger partial charge on any atom is 0.239 e. The van der Waals surface area contributed by atoms with E-state index in [0.29, 0.717) is 18.9 Å². The molecule has 24 heavy (non-hydrogen) atoms. The van der Waals surface area contributed by atoms with Gasteiger partial charge in [0.1, 0.15) is 5.82 Å². The summed E-state index contributed by atoms with van der Waals surface area (Å²) in [6, 6.07) is 2.03. The molecule has 122 valence electrons. The number of piperazine rings is 1. The molecule has 1 saturated heterocycles. The maximum absolute atomic E-state index is 11.6. The van der Waals surface area contributed by atoms with E-state index in [-0.39, 0.29) is 5.91 Å². The summed E-state index contributed by atoms with van der Waals surface area (Å²) in [5.74, 6) is 0.702. The molecule has 0 aliphatic carbocycles. The van der Waals surface area contributed by atoms with Crippen LogP contribution in [0.2, 0.25) is 0 Å². The second-order valence-electron chi connectivity index (χ2n) is 5.84. The second kappa shape index (κ2) is 5.55. The van der Waals surface area contributed by atoms with Crippen LogP contribution in [0.5, 0.6) is 0 Å². The Hall–Kier alpha value is -3.03. The van der Waals surface area contributed by atoms with Crippen molar-refractivity contribution in [3.05, 3.63) is 30.4 Å². The van der Waals surface area contributed by atoms with E-state index in [4.69, 9.17) is 0 Å². The fourth-order valence-electron chi connectivity index (χ4n) is 2.93. The standard InChI is InChI=1S/C16H17N7O/c1-10-12-5-11(6-19-16(12)22(2)21-10)13-7-17-8-14(20-13)23-4-3-18-15(24)9-23/h5-8H,3-4,9H2,1-2H3,(H,18,24). The summed E-state index contributed by atoms with van der Waals surface area (Å²) in [7, 11) is 1.88. The first kappa shape index (κ1) is 14.6. The van der Waals surface area contributed by atoms with Crippen LogP contribution < -0.4 is 10.2 Å². The lowest BCUT2D eigenvalue weighted by atomic mass is 10.1. The van der Waals surface area contributed by atoms with E-state index < -0.39 is 0 Å². The monoisotopic (exact) mass is 323 g/mol. The topological polar surface area (TPSA) is 88.8 Å². The van der Waals surface area contributed by atoms with Crippen molar-refractivity contribution in [1.82, 2.24) is 30.0 Å². The van der Waals surface area contributed by atoms with Gasteiger partial charge in [-0.2, -0.15) is 5.10 Å². The second-order valence-corrected chi connectivity index (χ2v) is 5.84. The van der Waals surface area contributed by atoms with E-state index in [2.05, 4.69) is 25.4 Å². The molecule has 3 aromatic heterocycles. The van der Waals surface area contributed by atoms with Gasteiger partial charge in [0, 0.05) is 37.3 Å². The molecule has 8 nitrogen and oxygen atoms in total. The first-order valence-corrected chi connectivity index (χ1v) is 7.75. The smallest absolute Gasteiger partial charge is 0.239 e. The number of anilines is 1. The molecule has 8 heteroatoms. The van der Waals surface area contributed by atoms with Crippen molar-refractivity contribution in [2.45, 2.75) is 6.92 Å². The Morgan fingerprint density at radius 1 is 1.25 bits per heavy atom. The van der Waals surface area contributed by atoms with Gasteiger partial charge < -0.3 is 10.2 Å². The van der Waals surface area contributed by atoms with Gasteiger partial charge in [-0.3, -0.25) is 14.5 Å². The number of nitrogens with zero attached hydrogens (tertiary/aromatic N) is 6. The number of aromatic nitrogens is 5. The molecule has 1 aliphatic heterocycles. The molecule has 1 fully saturated rings. The van der Waals surface area contributed by atoms with Crippen molar-refractivity contribution in [2.75, 3.05) is 24.5 Å². The maximum atomic E-state index is 11.6. The van der Waals surface area contributed by atoms with Crippen molar-refractivity contribution in [1.29, 1.82) is 0 Å².